The highest BCUT2D eigenvalue weighted by molar-refractivity contribution is 7.71. The second-order valence-corrected chi connectivity index (χ2v) is 5.68. The van der Waals surface area contributed by atoms with Crippen LogP contribution in [0.2, 0.25) is 0 Å². The van der Waals surface area contributed by atoms with Crippen molar-refractivity contribution in [2.24, 2.45) is 0 Å². The zero-order chi connectivity index (χ0) is 13.7. The average Bonchev–Trinajstić information content (AvgIpc) is 2.46. The molecule has 4 aromatic rings. The highest BCUT2D eigenvalue weighted by Crippen LogP contribution is 2.29. The van der Waals surface area contributed by atoms with Crippen molar-refractivity contribution in [1.29, 1.82) is 0 Å². The van der Waals surface area contributed by atoms with Crippen LogP contribution >= 0.6 is 24.4 Å². The number of aromatic amines is 2. The summed E-state index contributed by atoms with van der Waals surface area (Å²) in [6, 6.07) is 16.4. The van der Waals surface area contributed by atoms with Crippen LogP contribution in [0, 0.1) is 9.28 Å². The zero-order valence-corrected chi connectivity index (χ0v) is 12.1. The summed E-state index contributed by atoms with van der Waals surface area (Å²) in [6.45, 7) is 0. The van der Waals surface area contributed by atoms with Crippen LogP contribution in [-0.4, -0.2) is 9.97 Å². The number of aromatic nitrogens is 2. The molecule has 0 radical (unpaired) electrons. The molecule has 2 aromatic heterocycles. The normalized spacial score (nSPS) is 11.4. The van der Waals surface area contributed by atoms with Crippen molar-refractivity contribution < 1.29 is 0 Å². The monoisotopic (exact) mass is 294 g/mol. The molecule has 0 unspecified atom stereocenters. The van der Waals surface area contributed by atoms with Crippen molar-refractivity contribution in [3.05, 3.63) is 57.8 Å². The van der Waals surface area contributed by atoms with Crippen LogP contribution in [0.15, 0.2) is 48.5 Å². The lowest BCUT2D eigenvalue weighted by Crippen LogP contribution is -1.87. The number of hydrogen-bond acceptors (Lipinski definition) is 2. The van der Waals surface area contributed by atoms with Gasteiger partial charge in [-0.2, -0.15) is 0 Å². The van der Waals surface area contributed by atoms with Crippen LogP contribution in [-0.2, 0) is 0 Å². The van der Waals surface area contributed by atoms with Crippen LogP contribution < -0.4 is 0 Å². The van der Waals surface area contributed by atoms with Gasteiger partial charge in [0.05, 0.1) is 11.0 Å². The summed E-state index contributed by atoms with van der Waals surface area (Å²) in [6.07, 6.45) is 0. The molecule has 0 aliphatic carbocycles. The van der Waals surface area contributed by atoms with Crippen molar-refractivity contribution in [2.45, 2.75) is 0 Å². The Morgan fingerprint density at radius 2 is 0.950 bits per heavy atom. The summed E-state index contributed by atoms with van der Waals surface area (Å²) in [5.41, 5.74) is 2.11. The number of fused-ring (bicyclic) bond motifs is 5. The largest absolute Gasteiger partial charge is 0.346 e. The number of H-pyrrole nitrogens is 2. The first-order valence-electron chi connectivity index (χ1n) is 6.30. The predicted octanol–water partition coefficient (Wildman–Crippen LogP) is 5.26. The van der Waals surface area contributed by atoms with Gasteiger partial charge in [0.2, 0.25) is 0 Å². The highest BCUT2D eigenvalue weighted by Gasteiger charge is 2.05. The minimum atomic E-state index is 0.733. The van der Waals surface area contributed by atoms with Crippen LogP contribution in [0.5, 0.6) is 0 Å². The SMILES string of the molecule is S=c1ccc2ccc3ccc4ccc(=S)[nH]c4c3c2[nH]1. The first-order chi connectivity index (χ1) is 9.72. The Morgan fingerprint density at radius 1 is 0.550 bits per heavy atom. The summed E-state index contributed by atoms with van der Waals surface area (Å²) in [5, 5.41) is 4.58. The van der Waals surface area contributed by atoms with E-state index in [1.807, 2.05) is 24.3 Å². The Labute approximate surface area is 125 Å². The molecule has 2 heterocycles. The third-order valence-corrected chi connectivity index (χ3v) is 4.05. The Hall–Kier alpha value is -2.04. The Morgan fingerprint density at radius 3 is 1.45 bits per heavy atom. The maximum atomic E-state index is 5.26. The molecule has 2 N–H and O–H groups in total. The van der Waals surface area contributed by atoms with Gasteiger partial charge in [0.1, 0.15) is 9.28 Å². The Bertz CT molecular complexity index is 1010. The molecule has 4 heteroatoms. The number of pyridine rings is 2. The van der Waals surface area contributed by atoms with Gasteiger partial charge >= 0.3 is 0 Å². The summed E-state index contributed by atoms with van der Waals surface area (Å²) in [5.74, 6) is 0. The van der Waals surface area contributed by atoms with Crippen LogP contribution in [0.4, 0.5) is 0 Å². The fraction of sp³-hybridized carbons (Fsp3) is 0. The zero-order valence-electron chi connectivity index (χ0n) is 10.4. The van der Waals surface area contributed by atoms with E-state index < -0.39 is 0 Å². The van der Waals surface area contributed by atoms with Gasteiger partial charge in [-0.25, -0.2) is 0 Å². The lowest BCUT2D eigenvalue weighted by Gasteiger charge is -2.08. The molecule has 0 aliphatic heterocycles. The number of hydrogen-bond donors (Lipinski definition) is 2. The van der Waals surface area contributed by atoms with E-state index in [0.717, 1.165) is 36.5 Å². The minimum absolute atomic E-state index is 0.733. The van der Waals surface area contributed by atoms with Gasteiger partial charge in [-0.05, 0) is 40.4 Å². The number of rotatable bonds is 0. The van der Waals surface area contributed by atoms with Gasteiger partial charge in [0, 0.05) is 5.39 Å². The second kappa shape index (κ2) is 4.23. The maximum absolute atomic E-state index is 5.26. The van der Waals surface area contributed by atoms with Gasteiger partial charge in [0.15, 0.2) is 0 Å². The first-order valence-corrected chi connectivity index (χ1v) is 7.12. The lowest BCUT2D eigenvalue weighted by molar-refractivity contribution is 1.37. The third-order valence-electron chi connectivity index (χ3n) is 3.58. The van der Waals surface area contributed by atoms with E-state index in [1.165, 1.54) is 5.39 Å². The quantitative estimate of drug-likeness (QED) is 0.342. The van der Waals surface area contributed by atoms with E-state index >= 15 is 0 Å². The van der Waals surface area contributed by atoms with Crippen molar-refractivity contribution in [1.82, 2.24) is 9.97 Å². The highest BCUT2D eigenvalue weighted by atomic mass is 32.1. The standard InChI is InChI=1S/C16H10N2S2/c19-12-7-5-10-3-1-9-2-4-11-6-8-13(20)18-16(11)14(9)15(10)17-12/h1-8H,(H,17,19)(H,18,20). The third kappa shape index (κ3) is 1.69. The topological polar surface area (TPSA) is 31.6 Å². The molecular formula is C16H10N2S2. The lowest BCUT2D eigenvalue weighted by atomic mass is 10.0. The molecule has 0 aliphatic rings. The molecule has 0 fully saturated rings. The molecule has 0 saturated carbocycles. The van der Waals surface area contributed by atoms with Gasteiger partial charge in [-0.1, -0.05) is 48.7 Å². The second-order valence-electron chi connectivity index (χ2n) is 4.80. The molecule has 2 aromatic carbocycles. The maximum Gasteiger partial charge on any atom is 0.103 e. The van der Waals surface area contributed by atoms with E-state index in [9.17, 15) is 0 Å². The molecular weight excluding hydrogens is 284 g/mol. The molecule has 20 heavy (non-hydrogen) atoms. The van der Waals surface area contributed by atoms with Gasteiger partial charge < -0.3 is 9.97 Å². The molecule has 96 valence electrons. The van der Waals surface area contributed by atoms with Gasteiger partial charge in [-0.3, -0.25) is 0 Å². The van der Waals surface area contributed by atoms with Crippen molar-refractivity contribution >= 4 is 57.0 Å². The molecule has 0 amide bonds. The Kier molecular flexibility index (Phi) is 2.49. The molecule has 0 spiro atoms. The average molecular weight is 294 g/mol. The predicted molar refractivity (Wildman–Crippen MR) is 89.3 cm³/mol. The van der Waals surface area contributed by atoms with Crippen molar-refractivity contribution in [3.8, 4) is 0 Å². The van der Waals surface area contributed by atoms with E-state index in [2.05, 4.69) is 34.2 Å². The van der Waals surface area contributed by atoms with E-state index in [-0.39, 0.29) is 0 Å². The fourth-order valence-corrected chi connectivity index (χ4v) is 3.00. The number of benzene rings is 2. The smallest absolute Gasteiger partial charge is 0.103 e. The van der Waals surface area contributed by atoms with Crippen LogP contribution in [0.25, 0.3) is 32.6 Å². The van der Waals surface area contributed by atoms with E-state index in [0.29, 0.717) is 0 Å². The van der Waals surface area contributed by atoms with Gasteiger partial charge in [-0.15, -0.1) is 0 Å². The summed E-state index contributed by atoms with van der Waals surface area (Å²) in [4.78, 5) is 6.61. The minimum Gasteiger partial charge on any atom is -0.346 e. The fourth-order valence-electron chi connectivity index (χ4n) is 2.66. The van der Waals surface area contributed by atoms with Crippen LogP contribution in [0.1, 0.15) is 0 Å². The van der Waals surface area contributed by atoms with Crippen molar-refractivity contribution in [3.63, 3.8) is 0 Å². The van der Waals surface area contributed by atoms with E-state index in [1.54, 1.807) is 0 Å². The molecule has 4 rings (SSSR count). The Balaban J connectivity index is 2.41. The first kappa shape index (κ1) is 11.8. The van der Waals surface area contributed by atoms with Crippen molar-refractivity contribution in [2.75, 3.05) is 0 Å². The summed E-state index contributed by atoms with van der Waals surface area (Å²) in [7, 11) is 0. The molecule has 0 atom stereocenters. The molecule has 0 saturated heterocycles. The summed E-state index contributed by atoms with van der Waals surface area (Å²) >= 11 is 10.5. The summed E-state index contributed by atoms with van der Waals surface area (Å²) < 4.78 is 1.47. The molecule has 2 nitrogen and oxygen atoms in total. The molecule has 0 bridgehead atoms. The number of nitrogens with one attached hydrogen (secondary N) is 2. The van der Waals surface area contributed by atoms with Crippen LogP contribution in [0.3, 0.4) is 0 Å². The van der Waals surface area contributed by atoms with Gasteiger partial charge in [0.25, 0.3) is 0 Å². The van der Waals surface area contributed by atoms with E-state index in [4.69, 9.17) is 24.4 Å².